The van der Waals surface area contributed by atoms with Crippen molar-refractivity contribution < 1.29 is 24.8 Å². The van der Waals surface area contributed by atoms with Crippen LogP contribution in [-0.2, 0) is 13.2 Å². The minimum absolute atomic E-state index is 0.0728. The fourth-order valence-corrected chi connectivity index (χ4v) is 1.79. The molecule has 0 unspecified atom stereocenters. The van der Waals surface area contributed by atoms with E-state index >= 15 is 0 Å². The molecule has 0 saturated carbocycles. The average molecular weight is 322 g/mol. The van der Waals surface area contributed by atoms with Crippen molar-refractivity contribution >= 4 is 0 Å². The van der Waals surface area contributed by atoms with Crippen molar-refractivity contribution in [3.05, 3.63) is 46.1 Å². The van der Waals surface area contributed by atoms with E-state index in [1.165, 1.54) is 0 Å². The molecule has 3 heterocycles. The summed E-state index contributed by atoms with van der Waals surface area (Å²) in [4.78, 5) is 17.1. The number of hydrogen-bond donors (Lipinski definition) is 4. The molecule has 3 rings (SSSR count). The first-order chi connectivity index (χ1) is 11.1. The molecule has 2 aromatic heterocycles. The van der Waals surface area contributed by atoms with Crippen molar-refractivity contribution in [2.75, 3.05) is 13.2 Å². The van der Waals surface area contributed by atoms with E-state index in [0.29, 0.717) is 36.1 Å². The summed E-state index contributed by atoms with van der Waals surface area (Å²) in [6.45, 7) is 1.02. The number of nitrogens with one attached hydrogen (secondary N) is 1. The van der Waals surface area contributed by atoms with Gasteiger partial charge in [0.05, 0.1) is 38.3 Å². The van der Waals surface area contributed by atoms with Gasteiger partial charge in [-0.05, 0) is 0 Å². The zero-order valence-electron chi connectivity index (χ0n) is 12.4. The molecule has 0 amide bonds. The average Bonchev–Trinajstić information content (AvgIpc) is 2.82. The van der Waals surface area contributed by atoms with Gasteiger partial charge in [0, 0.05) is 30.4 Å². The van der Waals surface area contributed by atoms with E-state index in [4.69, 9.17) is 24.8 Å². The number of pyridine rings is 2. The quantitative estimate of drug-likeness (QED) is 0.627. The number of ether oxygens (including phenoxy) is 2. The molecule has 0 bridgehead atoms. The lowest BCUT2D eigenvalue weighted by molar-refractivity contribution is 0.274. The molecule has 8 heteroatoms. The Kier molecular flexibility index (Phi) is 5.95. The number of H-pyrrole nitrogens is 1. The molecule has 8 nitrogen and oxygen atoms in total. The number of aromatic amines is 1. The maximum Gasteiger partial charge on any atom is 0.223 e. The lowest BCUT2D eigenvalue weighted by Gasteiger charge is -2.06. The highest BCUT2D eigenvalue weighted by Gasteiger charge is 2.10. The zero-order chi connectivity index (χ0) is 16.7. The Morgan fingerprint density at radius 3 is 2.52 bits per heavy atom. The predicted octanol–water partition coefficient (Wildman–Crippen LogP) is 0.308. The molecular weight excluding hydrogens is 304 g/mol. The highest BCUT2D eigenvalue weighted by molar-refractivity contribution is 5.39. The fourth-order valence-electron chi connectivity index (χ4n) is 1.79. The largest absolute Gasteiger partial charge is 0.503 e. The Morgan fingerprint density at radius 2 is 1.87 bits per heavy atom. The molecule has 0 aromatic carbocycles. The summed E-state index contributed by atoms with van der Waals surface area (Å²) in [6.07, 6.45) is 3.61. The summed E-state index contributed by atoms with van der Waals surface area (Å²) in [5.41, 5.74) is 0.509. The van der Waals surface area contributed by atoms with Gasteiger partial charge in [-0.15, -0.1) is 0 Å². The summed E-state index contributed by atoms with van der Waals surface area (Å²) in [6, 6.07) is 2.86. The standard InChI is InChI=1S/C9H11NO3.C6H7NO3/c11-6-7-4-8-9(5-10-7)13-3-1-2-12-8;8-3-4-1-5(9)6(10)2-7-4/h4-5,11H,1-3,6H2;1-2,8,10H,3H2,(H,7,9). The van der Waals surface area contributed by atoms with Gasteiger partial charge in [0.15, 0.2) is 17.2 Å². The van der Waals surface area contributed by atoms with Gasteiger partial charge < -0.3 is 29.8 Å². The van der Waals surface area contributed by atoms with Crippen LogP contribution in [0.5, 0.6) is 17.2 Å². The number of aliphatic hydroxyl groups is 2. The Bertz CT molecular complexity index is 701. The first kappa shape index (κ1) is 16.8. The first-order valence-electron chi connectivity index (χ1n) is 7.01. The van der Waals surface area contributed by atoms with E-state index < -0.39 is 5.43 Å². The molecular formula is C15H18N2O6. The van der Waals surface area contributed by atoms with E-state index in [0.717, 1.165) is 18.7 Å². The van der Waals surface area contributed by atoms with Crippen LogP contribution in [0.2, 0.25) is 0 Å². The van der Waals surface area contributed by atoms with E-state index in [1.807, 2.05) is 0 Å². The van der Waals surface area contributed by atoms with Crippen LogP contribution in [0.3, 0.4) is 0 Å². The summed E-state index contributed by atoms with van der Waals surface area (Å²) in [5.74, 6) is 1.00. The van der Waals surface area contributed by atoms with Gasteiger partial charge in [-0.1, -0.05) is 0 Å². The first-order valence-corrected chi connectivity index (χ1v) is 7.01. The highest BCUT2D eigenvalue weighted by Crippen LogP contribution is 2.28. The zero-order valence-corrected chi connectivity index (χ0v) is 12.4. The molecule has 2 aromatic rings. The van der Waals surface area contributed by atoms with Gasteiger partial charge >= 0.3 is 0 Å². The normalized spacial score (nSPS) is 12.8. The Labute approximate surface area is 132 Å². The van der Waals surface area contributed by atoms with Crippen LogP contribution in [-0.4, -0.2) is 38.5 Å². The summed E-state index contributed by atoms with van der Waals surface area (Å²) < 4.78 is 10.8. The van der Waals surface area contributed by atoms with Crippen molar-refractivity contribution in [2.45, 2.75) is 19.6 Å². The Morgan fingerprint density at radius 1 is 1.13 bits per heavy atom. The molecule has 4 N–H and O–H groups in total. The fraction of sp³-hybridized carbons (Fsp3) is 0.333. The Balaban J connectivity index is 0.000000174. The van der Waals surface area contributed by atoms with Gasteiger partial charge in [0.25, 0.3) is 0 Å². The second kappa shape index (κ2) is 8.16. The second-order valence-electron chi connectivity index (χ2n) is 4.70. The number of rotatable bonds is 2. The molecule has 0 fully saturated rings. The number of aromatic nitrogens is 2. The van der Waals surface area contributed by atoms with Gasteiger partial charge in [0.2, 0.25) is 5.43 Å². The van der Waals surface area contributed by atoms with Crippen LogP contribution < -0.4 is 14.9 Å². The van der Waals surface area contributed by atoms with Crippen molar-refractivity contribution in [2.24, 2.45) is 0 Å². The molecule has 0 saturated heterocycles. The molecule has 0 radical (unpaired) electrons. The third kappa shape index (κ3) is 4.70. The minimum atomic E-state index is -0.484. The Hall–Kier alpha value is -2.58. The number of nitrogens with zero attached hydrogens (tertiary/aromatic N) is 1. The maximum absolute atomic E-state index is 10.6. The molecule has 1 aliphatic rings. The third-order valence-corrected chi connectivity index (χ3v) is 2.98. The lowest BCUT2D eigenvalue weighted by Crippen LogP contribution is -2.02. The second-order valence-corrected chi connectivity index (χ2v) is 4.70. The van der Waals surface area contributed by atoms with E-state index in [9.17, 15) is 4.79 Å². The van der Waals surface area contributed by atoms with Crippen molar-refractivity contribution in [3.8, 4) is 17.2 Å². The van der Waals surface area contributed by atoms with Crippen molar-refractivity contribution in [3.63, 3.8) is 0 Å². The van der Waals surface area contributed by atoms with E-state index in [-0.39, 0.29) is 19.0 Å². The minimum Gasteiger partial charge on any atom is -0.503 e. The van der Waals surface area contributed by atoms with Crippen LogP contribution in [0.25, 0.3) is 0 Å². The van der Waals surface area contributed by atoms with E-state index in [1.54, 1.807) is 12.3 Å². The topological polar surface area (TPSA) is 125 Å². The molecule has 0 aliphatic carbocycles. The number of hydrogen-bond acceptors (Lipinski definition) is 7. The summed E-state index contributed by atoms with van der Waals surface area (Å²) in [5, 5.41) is 26.1. The smallest absolute Gasteiger partial charge is 0.223 e. The van der Waals surface area contributed by atoms with E-state index in [2.05, 4.69) is 9.97 Å². The number of aromatic hydroxyl groups is 1. The van der Waals surface area contributed by atoms with Crippen LogP contribution in [0, 0.1) is 0 Å². The van der Waals surface area contributed by atoms with Crippen molar-refractivity contribution in [1.82, 2.24) is 9.97 Å². The van der Waals surface area contributed by atoms with Gasteiger partial charge in [-0.25, -0.2) is 0 Å². The number of fused-ring (bicyclic) bond motifs is 1. The summed E-state index contributed by atoms with van der Waals surface area (Å²) in [7, 11) is 0. The van der Waals surface area contributed by atoms with Gasteiger partial charge in [-0.2, -0.15) is 0 Å². The SMILES string of the molecule is O=c1cc(CO)[nH]cc1O.OCc1cc2c(cn1)OCCCO2. The van der Waals surface area contributed by atoms with Crippen LogP contribution >= 0.6 is 0 Å². The number of aliphatic hydroxyl groups excluding tert-OH is 2. The molecule has 1 aliphatic heterocycles. The lowest BCUT2D eigenvalue weighted by atomic mass is 10.3. The molecule has 0 atom stereocenters. The monoisotopic (exact) mass is 322 g/mol. The van der Waals surface area contributed by atoms with Gasteiger partial charge in [-0.3, -0.25) is 9.78 Å². The van der Waals surface area contributed by atoms with Gasteiger partial charge in [0.1, 0.15) is 0 Å². The van der Waals surface area contributed by atoms with Crippen LogP contribution in [0.15, 0.2) is 29.3 Å². The molecule has 124 valence electrons. The molecule has 0 spiro atoms. The predicted molar refractivity (Wildman–Crippen MR) is 80.4 cm³/mol. The highest BCUT2D eigenvalue weighted by atomic mass is 16.5. The maximum atomic E-state index is 10.6. The summed E-state index contributed by atoms with van der Waals surface area (Å²) >= 11 is 0. The van der Waals surface area contributed by atoms with Crippen LogP contribution in [0.1, 0.15) is 17.8 Å². The van der Waals surface area contributed by atoms with Crippen molar-refractivity contribution in [1.29, 1.82) is 0 Å². The van der Waals surface area contributed by atoms with Crippen LogP contribution in [0.4, 0.5) is 0 Å². The molecule has 23 heavy (non-hydrogen) atoms. The third-order valence-electron chi connectivity index (χ3n) is 2.98.